The van der Waals surface area contributed by atoms with Gasteiger partial charge in [0.25, 0.3) is 0 Å². The molecule has 0 aromatic heterocycles. The summed E-state index contributed by atoms with van der Waals surface area (Å²) in [5.74, 6) is -1.83. The summed E-state index contributed by atoms with van der Waals surface area (Å²) < 4.78 is 21.7. The first kappa shape index (κ1) is 35.4. The van der Waals surface area contributed by atoms with Crippen molar-refractivity contribution in [2.45, 2.75) is 103 Å². The highest BCUT2D eigenvalue weighted by molar-refractivity contribution is 6.04. The molecule has 3 aromatic carbocycles. The average Bonchev–Trinajstić information content (AvgIpc) is 3.12. The second kappa shape index (κ2) is 19.3. The smallest absolute Gasteiger partial charge is 0.339 e. The van der Waals surface area contributed by atoms with Crippen molar-refractivity contribution in [3.8, 4) is 0 Å². The largest absolute Gasteiger partial charge is 0.462 e. The van der Waals surface area contributed by atoms with Crippen molar-refractivity contribution in [1.82, 2.24) is 0 Å². The van der Waals surface area contributed by atoms with Gasteiger partial charge in [0.15, 0.2) is 0 Å². The quantitative estimate of drug-likeness (QED) is 0.116. The molecule has 0 unspecified atom stereocenters. The summed E-state index contributed by atoms with van der Waals surface area (Å²) in [7, 11) is 0. The first-order chi connectivity index (χ1) is 23.0. The second-order valence-corrected chi connectivity index (χ2v) is 12.0. The van der Waals surface area contributed by atoms with E-state index in [2.05, 4.69) is 0 Å². The summed E-state index contributed by atoms with van der Waals surface area (Å²) in [4.78, 5) is 49.3. The highest BCUT2D eigenvalue weighted by atomic mass is 16.6. The minimum absolute atomic E-state index is 0.0197. The van der Waals surface area contributed by atoms with Crippen LogP contribution in [0.15, 0.2) is 78.9 Å². The van der Waals surface area contributed by atoms with Gasteiger partial charge in [-0.05, 0) is 87.6 Å². The number of hydrogen-bond donors (Lipinski definition) is 0. The first-order valence-corrected chi connectivity index (χ1v) is 16.9. The number of hydrogen-bond acceptors (Lipinski definition) is 8. The maximum absolute atomic E-state index is 12.5. The van der Waals surface area contributed by atoms with Crippen LogP contribution in [0.25, 0.3) is 0 Å². The van der Waals surface area contributed by atoms with Gasteiger partial charge in [-0.1, -0.05) is 80.8 Å². The van der Waals surface area contributed by atoms with E-state index in [-0.39, 0.29) is 29.9 Å². The van der Waals surface area contributed by atoms with Crippen molar-refractivity contribution < 1.29 is 38.1 Å². The molecule has 0 aliphatic heterocycles. The number of carbonyl (C=O) groups excluding carboxylic acids is 4. The van der Waals surface area contributed by atoms with E-state index in [4.69, 9.17) is 18.9 Å². The fourth-order valence-corrected chi connectivity index (χ4v) is 5.66. The van der Waals surface area contributed by atoms with Gasteiger partial charge in [-0.15, -0.1) is 0 Å². The number of benzene rings is 3. The fourth-order valence-electron chi connectivity index (χ4n) is 5.66. The summed E-state index contributed by atoms with van der Waals surface area (Å²) in [5.41, 5.74) is 2.00. The van der Waals surface area contributed by atoms with Gasteiger partial charge < -0.3 is 18.9 Å². The van der Waals surface area contributed by atoms with Crippen LogP contribution in [0.3, 0.4) is 0 Å². The second-order valence-electron chi connectivity index (χ2n) is 12.0. The van der Waals surface area contributed by atoms with E-state index in [0.717, 1.165) is 69.8 Å². The van der Waals surface area contributed by atoms with Crippen molar-refractivity contribution >= 4 is 23.9 Å². The lowest BCUT2D eigenvalue weighted by Crippen LogP contribution is -2.24. The van der Waals surface area contributed by atoms with Crippen LogP contribution >= 0.6 is 0 Å². The molecule has 2 fully saturated rings. The molecule has 0 spiro atoms. The molecule has 0 atom stereocenters. The molecule has 0 saturated heterocycles. The van der Waals surface area contributed by atoms with Crippen LogP contribution in [0.4, 0.5) is 0 Å². The predicted molar refractivity (Wildman–Crippen MR) is 178 cm³/mol. The molecule has 250 valence electrons. The fraction of sp³-hybridized carbons (Fsp3) is 0.436. The van der Waals surface area contributed by atoms with Crippen LogP contribution < -0.4 is 0 Å². The van der Waals surface area contributed by atoms with E-state index in [0.29, 0.717) is 17.7 Å². The third kappa shape index (κ3) is 11.4. The van der Waals surface area contributed by atoms with Crippen molar-refractivity contribution in [2.75, 3.05) is 6.61 Å². The number of unbranched alkanes of at least 4 members (excludes halogenated alkanes) is 1. The normalized spacial score (nSPS) is 15.0. The van der Waals surface area contributed by atoms with Crippen LogP contribution in [0.1, 0.15) is 131 Å². The molecule has 0 bridgehead atoms. The molecule has 8 heteroatoms. The Morgan fingerprint density at radius 2 is 0.936 bits per heavy atom. The monoisotopic (exact) mass is 642 g/mol. The van der Waals surface area contributed by atoms with Crippen molar-refractivity contribution in [3.63, 3.8) is 0 Å². The lowest BCUT2D eigenvalue weighted by Gasteiger charge is -2.23. The molecule has 0 heterocycles. The Balaban J connectivity index is 0.000000213. The Labute approximate surface area is 277 Å². The van der Waals surface area contributed by atoms with Crippen LogP contribution in [0.2, 0.25) is 0 Å². The third-order valence-corrected chi connectivity index (χ3v) is 8.33. The molecule has 0 radical (unpaired) electrons. The number of ether oxygens (including phenoxy) is 4. The third-order valence-electron chi connectivity index (χ3n) is 8.33. The summed E-state index contributed by atoms with van der Waals surface area (Å²) in [5, 5.41) is 0. The predicted octanol–water partition coefficient (Wildman–Crippen LogP) is 8.67. The van der Waals surface area contributed by atoms with Gasteiger partial charge in [0, 0.05) is 0 Å². The van der Waals surface area contributed by atoms with Gasteiger partial charge in [-0.2, -0.15) is 0 Å². The molecule has 2 saturated carbocycles. The van der Waals surface area contributed by atoms with E-state index < -0.39 is 23.9 Å². The highest BCUT2D eigenvalue weighted by Crippen LogP contribution is 2.25. The molecule has 8 nitrogen and oxygen atoms in total. The van der Waals surface area contributed by atoms with Gasteiger partial charge in [0.2, 0.25) is 0 Å². The summed E-state index contributed by atoms with van der Waals surface area (Å²) >= 11 is 0. The standard InChI is InChI=1S/C20H26O4.C19H20O4/c21-19(23-15-9-3-1-4-10-15)17-13-7-8-14-18(17)20(22)24-16-11-5-2-6-12-16;1-2-3-13-22-18(20)16-11-7-8-12-17(16)19(21)23-14-15-9-5-4-6-10-15/h7-8,13-16H,1-6,9-12H2;4-12H,2-3,13-14H2,1H3. The summed E-state index contributed by atoms with van der Waals surface area (Å²) in [6, 6.07) is 22.8. The van der Waals surface area contributed by atoms with Gasteiger partial charge in [0.05, 0.1) is 28.9 Å². The zero-order valence-corrected chi connectivity index (χ0v) is 27.3. The average molecular weight is 643 g/mol. The topological polar surface area (TPSA) is 105 Å². The number of rotatable bonds is 11. The Morgan fingerprint density at radius 1 is 0.532 bits per heavy atom. The molecule has 0 amide bonds. The lowest BCUT2D eigenvalue weighted by atomic mass is 9.97. The van der Waals surface area contributed by atoms with E-state index >= 15 is 0 Å². The minimum atomic E-state index is -0.531. The molecular weight excluding hydrogens is 596 g/mol. The SMILES string of the molecule is CCCCOC(=O)c1ccccc1C(=O)OCc1ccccc1.O=C(OC1CCCCC1)c1ccccc1C(=O)OC1CCCCC1. The minimum Gasteiger partial charge on any atom is -0.462 e. The highest BCUT2D eigenvalue weighted by Gasteiger charge is 2.25. The van der Waals surface area contributed by atoms with E-state index in [1.165, 1.54) is 12.8 Å². The van der Waals surface area contributed by atoms with Crippen LogP contribution in [0, 0.1) is 0 Å². The van der Waals surface area contributed by atoms with Crippen LogP contribution in [0.5, 0.6) is 0 Å². The van der Waals surface area contributed by atoms with Crippen LogP contribution in [-0.2, 0) is 25.6 Å². The maximum Gasteiger partial charge on any atom is 0.339 e. The van der Waals surface area contributed by atoms with Gasteiger partial charge >= 0.3 is 23.9 Å². The molecule has 47 heavy (non-hydrogen) atoms. The van der Waals surface area contributed by atoms with Gasteiger partial charge in [-0.25, -0.2) is 19.2 Å². The van der Waals surface area contributed by atoms with Crippen LogP contribution in [-0.4, -0.2) is 42.7 Å². The molecule has 2 aliphatic rings. The zero-order chi connectivity index (χ0) is 33.3. The Morgan fingerprint density at radius 3 is 1.38 bits per heavy atom. The lowest BCUT2D eigenvalue weighted by molar-refractivity contribution is 0.0164. The van der Waals surface area contributed by atoms with Crippen molar-refractivity contribution in [1.29, 1.82) is 0 Å². The summed E-state index contributed by atoms with van der Waals surface area (Å²) in [6.45, 7) is 2.53. The van der Waals surface area contributed by atoms with Gasteiger partial charge in [-0.3, -0.25) is 0 Å². The Bertz CT molecular complexity index is 1390. The molecule has 5 rings (SSSR count). The van der Waals surface area contributed by atoms with Gasteiger partial charge in [0.1, 0.15) is 18.8 Å². The van der Waals surface area contributed by atoms with Crippen molar-refractivity contribution in [3.05, 3.63) is 107 Å². The van der Waals surface area contributed by atoms with E-state index in [1.54, 1.807) is 48.5 Å². The number of esters is 4. The first-order valence-electron chi connectivity index (χ1n) is 16.9. The number of carbonyl (C=O) groups is 4. The van der Waals surface area contributed by atoms with E-state index in [9.17, 15) is 19.2 Å². The van der Waals surface area contributed by atoms with Crippen molar-refractivity contribution in [2.24, 2.45) is 0 Å². The molecule has 0 N–H and O–H groups in total. The zero-order valence-electron chi connectivity index (χ0n) is 27.3. The molecule has 2 aliphatic carbocycles. The molecular formula is C39H46O8. The Kier molecular flexibility index (Phi) is 14.5. The maximum atomic E-state index is 12.5. The Hall–Kier alpha value is -4.46. The molecule has 3 aromatic rings. The summed E-state index contributed by atoms with van der Waals surface area (Å²) in [6.07, 6.45) is 12.2. The van der Waals surface area contributed by atoms with E-state index in [1.807, 2.05) is 37.3 Å².